The number of hydrogen-bond acceptors (Lipinski definition) is 5. The fourth-order valence-corrected chi connectivity index (χ4v) is 2.69. The van der Waals surface area contributed by atoms with E-state index in [9.17, 15) is 4.79 Å². The van der Waals surface area contributed by atoms with Crippen LogP contribution in [-0.4, -0.2) is 19.9 Å². The van der Waals surface area contributed by atoms with E-state index in [-0.39, 0.29) is 5.56 Å². The molecule has 0 bridgehead atoms. The Morgan fingerprint density at radius 3 is 3.00 bits per heavy atom. The van der Waals surface area contributed by atoms with Gasteiger partial charge in [0.05, 0.1) is 0 Å². The maximum absolute atomic E-state index is 11.2. The average Bonchev–Trinajstić information content (AvgIpc) is 2.28. The molecule has 5 nitrogen and oxygen atoms in total. The Bertz CT molecular complexity index is 602. The monoisotopic (exact) mass is 326 g/mol. The summed E-state index contributed by atoms with van der Waals surface area (Å²) in [6, 6.07) is 3.18. The van der Waals surface area contributed by atoms with Gasteiger partial charge in [0.25, 0.3) is 5.56 Å². The number of aromatic amines is 1. The van der Waals surface area contributed by atoms with Crippen LogP contribution in [0.15, 0.2) is 37.9 Å². The molecule has 0 aliphatic carbocycles. The van der Waals surface area contributed by atoms with Crippen molar-refractivity contribution in [2.24, 2.45) is 0 Å². The Balaban J connectivity index is 2.25. The molecule has 0 unspecified atom stereocenters. The van der Waals surface area contributed by atoms with Gasteiger partial charge in [0.15, 0.2) is 5.16 Å². The Morgan fingerprint density at radius 2 is 2.28 bits per heavy atom. The van der Waals surface area contributed by atoms with Crippen molar-refractivity contribution in [1.29, 1.82) is 0 Å². The van der Waals surface area contributed by atoms with Gasteiger partial charge in [-0.25, -0.2) is 15.0 Å². The molecule has 18 heavy (non-hydrogen) atoms. The van der Waals surface area contributed by atoms with Gasteiger partial charge >= 0.3 is 0 Å². The molecule has 0 amide bonds. The lowest BCUT2D eigenvalue weighted by atomic mass is 10.3. The van der Waals surface area contributed by atoms with Crippen LogP contribution < -0.4 is 5.56 Å². The third kappa shape index (κ3) is 3.64. The van der Waals surface area contributed by atoms with Crippen LogP contribution in [0.25, 0.3) is 0 Å². The summed E-state index contributed by atoms with van der Waals surface area (Å²) < 4.78 is 0.738. The Labute approximate surface area is 117 Å². The van der Waals surface area contributed by atoms with Crippen LogP contribution in [0.4, 0.5) is 0 Å². The molecule has 7 heteroatoms. The Hall–Kier alpha value is -1.21. The first-order valence-corrected chi connectivity index (χ1v) is 7.05. The second kappa shape index (κ2) is 6.10. The minimum absolute atomic E-state index is 0.172. The van der Waals surface area contributed by atoms with Gasteiger partial charge in [-0.1, -0.05) is 6.92 Å². The summed E-state index contributed by atoms with van der Waals surface area (Å²) >= 11 is 4.66. The molecule has 0 saturated carbocycles. The highest BCUT2D eigenvalue weighted by Crippen LogP contribution is 2.23. The van der Waals surface area contributed by atoms with Crippen molar-refractivity contribution < 1.29 is 0 Å². The van der Waals surface area contributed by atoms with Gasteiger partial charge in [-0.3, -0.25) is 4.79 Å². The van der Waals surface area contributed by atoms with Gasteiger partial charge in [-0.15, -0.1) is 0 Å². The fraction of sp³-hybridized carbons (Fsp3) is 0.273. The quantitative estimate of drug-likeness (QED) is 0.690. The molecule has 2 aromatic rings. The highest BCUT2D eigenvalue weighted by molar-refractivity contribution is 9.10. The molecule has 0 aromatic carbocycles. The predicted molar refractivity (Wildman–Crippen MR) is 72.7 cm³/mol. The van der Waals surface area contributed by atoms with Crippen LogP contribution in [0.5, 0.6) is 0 Å². The summed E-state index contributed by atoms with van der Waals surface area (Å²) in [5.41, 5.74) is -0.172. The topological polar surface area (TPSA) is 71.5 Å². The van der Waals surface area contributed by atoms with Crippen molar-refractivity contribution in [1.82, 2.24) is 19.9 Å². The highest BCUT2D eigenvalue weighted by Gasteiger charge is 2.06. The SMILES string of the molecule is CCCc1nc(Br)cc(Sc2nccc(=O)[nH]2)n1. The van der Waals surface area contributed by atoms with Gasteiger partial charge in [-0.2, -0.15) is 0 Å². The number of rotatable bonds is 4. The smallest absolute Gasteiger partial charge is 0.251 e. The highest BCUT2D eigenvalue weighted by atomic mass is 79.9. The first kappa shape index (κ1) is 13.2. The molecule has 2 aromatic heterocycles. The van der Waals surface area contributed by atoms with Gasteiger partial charge in [0, 0.05) is 24.8 Å². The summed E-state index contributed by atoms with van der Waals surface area (Å²) in [7, 11) is 0. The molecule has 0 saturated heterocycles. The molecule has 0 spiro atoms. The molecule has 0 fully saturated rings. The number of nitrogens with one attached hydrogen (secondary N) is 1. The Morgan fingerprint density at radius 1 is 1.44 bits per heavy atom. The zero-order valence-corrected chi connectivity index (χ0v) is 12.1. The third-order valence-electron chi connectivity index (χ3n) is 2.04. The second-order valence-electron chi connectivity index (χ2n) is 3.54. The largest absolute Gasteiger partial charge is 0.301 e. The van der Waals surface area contributed by atoms with Crippen LogP contribution in [0, 0.1) is 0 Å². The molecule has 0 aliphatic heterocycles. The third-order valence-corrected chi connectivity index (χ3v) is 3.27. The van der Waals surface area contributed by atoms with Crippen molar-refractivity contribution >= 4 is 27.7 Å². The second-order valence-corrected chi connectivity index (χ2v) is 5.36. The van der Waals surface area contributed by atoms with Gasteiger partial charge < -0.3 is 4.98 Å². The van der Waals surface area contributed by atoms with Crippen molar-refractivity contribution in [2.75, 3.05) is 0 Å². The molecule has 1 N–H and O–H groups in total. The van der Waals surface area contributed by atoms with Gasteiger partial charge in [0.2, 0.25) is 0 Å². The van der Waals surface area contributed by atoms with E-state index >= 15 is 0 Å². The molecule has 2 rings (SSSR count). The summed E-state index contributed by atoms with van der Waals surface area (Å²) in [5, 5.41) is 1.28. The van der Waals surface area contributed by atoms with Crippen LogP contribution in [0.3, 0.4) is 0 Å². The van der Waals surface area contributed by atoms with Gasteiger partial charge in [-0.05, 0) is 34.1 Å². The zero-order chi connectivity index (χ0) is 13.0. The molecule has 94 valence electrons. The number of nitrogens with zero attached hydrogens (tertiary/aromatic N) is 3. The van der Waals surface area contributed by atoms with Crippen molar-refractivity contribution in [3.63, 3.8) is 0 Å². The molecule has 0 aliphatic rings. The predicted octanol–water partition coefficient (Wildman–Crippen LogP) is 2.43. The van der Waals surface area contributed by atoms with E-state index < -0.39 is 0 Å². The van der Waals surface area contributed by atoms with E-state index in [1.165, 1.54) is 24.0 Å². The van der Waals surface area contributed by atoms with E-state index in [1.807, 2.05) is 0 Å². The minimum Gasteiger partial charge on any atom is -0.301 e. The van der Waals surface area contributed by atoms with E-state index in [1.54, 1.807) is 6.07 Å². The molecule has 2 heterocycles. The van der Waals surface area contributed by atoms with E-state index in [0.717, 1.165) is 28.3 Å². The lowest BCUT2D eigenvalue weighted by molar-refractivity contribution is 0.801. The van der Waals surface area contributed by atoms with Crippen LogP contribution in [-0.2, 0) is 6.42 Å². The lowest BCUT2D eigenvalue weighted by Gasteiger charge is -2.03. The number of aryl methyl sites for hydroxylation is 1. The zero-order valence-electron chi connectivity index (χ0n) is 9.68. The van der Waals surface area contributed by atoms with E-state index in [0.29, 0.717) is 5.16 Å². The first-order valence-electron chi connectivity index (χ1n) is 5.44. The Kier molecular flexibility index (Phi) is 4.48. The standard InChI is InChI=1S/C11H11BrN4OS/c1-2-3-8-14-7(12)6-10(15-8)18-11-13-5-4-9(17)16-11/h4-6H,2-3H2,1H3,(H,13,16,17). The maximum atomic E-state index is 11.2. The van der Waals surface area contributed by atoms with E-state index in [2.05, 4.69) is 42.8 Å². The first-order chi connectivity index (χ1) is 8.67. The van der Waals surface area contributed by atoms with E-state index in [4.69, 9.17) is 0 Å². The average molecular weight is 327 g/mol. The number of aromatic nitrogens is 4. The minimum atomic E-state index is -0.172. The summed E-state index contributed by atoms with van der Waals surface area (Å²) in [6.07, 6.45) is 3.29. The number of H-pyrrole nitrogens is 1. The van der Waals surface area contributed by atoms with Crippen molar-refractivity contribution in [2.45, 2.75) is 29.9 Å². The van der Waals surface area contributed by atoms with Crippen molar-refractivity contribution in [3.05, 3.63) is 39.1 Å². The van der Waals surface area contributed by atoms with Gasteiger partial charge in [0.1, 0.15) is 15.5 Å². The summed E-state index contributed by atoms with van der Waals surface area (Å²) in [5.74, 6) is 0.785. The number of hydrogen-bond donors (Lipinski definition) is 1. The maximum Gasteiger partial charge on any atom is 0.251 e. The molecular weight excluding hydrogens is 316 g/mol. The summed E-state index contributed by atoms with van der Waals surface area (Å²) in [6.45, 7) is 2.08. The molecule has 0 radical (unpaired) electrons. The fourth-order valence-electron chi connectivity index (χ4n) is 1.33. The van der Waals surface area contributed by atoms with Crippen LogP contribution in [0.1, 0.15) is 19.2 Å². The lowest BCUT2D eigenvalue weighted by Crippen LogP contribution is -2.05. The summed E-state index contributed by atoms with van der Waals surface area (Å²) in [4.78, 5) is 26.6. The van der Waals surface area contributed by atoms with Crippen LogP contribution in [0.2, 0.25) is 0 Å². The van der Waals surface area contributed by atoms with Crippen molar-refractivity contribution in [3.8, 4) is 0 Å². The van der Waals surface area contributed by atoms with Crippen LogP contribution >= 0.6 is 27.7 Å². The molecule has 0 atom stereocenters. The number of halogens is 1. The normalized spacial score (nSPS) is 10.6. The molecular formula is C11H11BrN4OS.